The number of nitrogens with zero attached hydrogens (tertiary/aromatic N) is 1. The van der Waals surface area contributed by atoms with E-state index in [1.165, 1.54) is 6.08 Å². The Morgan fingerprint density at radius 2 is 2.29 bits per heavy atom. The molecule has 0 spiro atoms. The highest BCUT2D eigenvalue weighted by atomic mass is 35.5. The van der Waals surface area contributed by atoms with Crippen LogP contribution in [0.1, 0.15) is 6.92 Å². The zero-order chi connectivity index (χ0) is 12.7. The SMILES string of the molecule is CCOC(/C=C\C(=O)O)=Nc1cccc(Cl)c1. The fraction of sp³-hybridized carbons (Fsp3) is 0.167. The first kappa shape index (κ1) is 13.3. The van der Waals surface area contributed by atoms with Crippen molar-refractivity contribution in [2.24, 2.45) is 4.99 Å². The third-order valence-electron chi connectivity index (χ3n) is 1.71. The molecule has 0 amide bonds. The summed E-state index contributed by atoms with van der Waals surface area (Å²) in [6, 6.07) is 6.90. The second kappa shape index (κ2) is 6.70. The summed E-state index contributed by atoms with van der Waals surface area (Å²) in [5, 5.41) is 9.08. The van der Waals surface area contributed by atoms with Gasteiger partial charge in [-0.2, -0.15) is 0 Å². The molecule has 1 aromatic rings. The molecular weight excluding hydrogens is 242 g/mol. The van der Waals surface area contributed by atoms with Gasteiger partial charge in [0.15, 0.2) is 0 Å². The van der Waals surface area contributed by atoms with Crippen molar-refractivity contribution in [3.05, 3.63) is 41.4 Å². The molecule has 0 aliphatic heterocycles. The lowest BCUT2D eigenvalue weighted by Gasteiger charge is -2.02. The van der Waals surface area contributed by atoms with Gasteiger partial charge in [-0.1, -0.05) is 17.7 Å². The molecule has 0 heterocycles. The van der Waals surface area contributed by atoms with Crippen LogP contribution in [0.2, 0.25) is 5.02 Å². The summed E-state index contributed by atoms with van der Waals surface area (Å²) in [5.74, 6) is -0.819. The van der Waals surface area contributed by atoms with Crippen LogP contribution >= 0.6 is 11.6 Å². The monoisotopic (exact) mass is 253 g/mol. The van der Waals surface area contributed by atoms with E-state index in [0.717, 1.165) is 6.08 Å². The summed E-state index contributed by atoms with van der Waals surface area (Å²) in [5.41, 5.74) is 0.607. The van der Waals surface area contributed by atoms with Gasteiger partial charge in [0, 0.05) is 17.2 Å². The minimum atomic E-state index is -1.05. The summed E-state index contributed by atoms with van der Waals surface area (Å²) in [6.45, 7) is 2.20. The number of carboxylic acids is 1. The zero-order valence-corrected chi connectivity index (χ0v) is 10.0. The van der Waals surface area contributed by atoms with Crippen molar-refractivity contribution in [3.8, 4) is 0 Å². The Balaban J connectivity index is 2.93. The van der Waals surface area contributed by atoms with Crippen LogP contribution in [-0.2, 0) is 9.53 Å². The van der Waals surface area contributed by atoms with E-state index in [0.29, 0.717) is 17.3 Å². The maximum absolute atomic E-state index is 10.4. The lowest BCUT2D eigenvalue weighted by atomic mass is 10.3. The van der Waals surface area contributed by atoms with Gasteiger partial charge in [-0.15, -0.1) is 0 Å². The molecule has 0 radical (unpaired) electrons. The quantitative estimate of drug-likeness (QED) is 0.510. The van der Waals surface area contributed by atoms with Gasteiger partial charge in [0.25, 0.3) is 0 Å². The molecule has 0 unspecified atom stereocenters. The zero-order valence-electron chi connectivity index (χ0n) is 9.26. The third kappa shape index (κ3) is 5.17. The molecule has 1 aromatic carbocycles. The smallest absolute Gasteiger partial charge is 0.328 e. The average molecular weight is 254 g/mol. The van der Waals surface area contributed by atoms with Crippen molar-refractivity contribution in [1.29, 1.82) is 0 Å². The number of halogens is 1. The van der Waals surface area contributed by atoms with E-state index in [1.807, 2.05) is 0 Å². The first-order valence-electron chi connectivity index (χ1n) is 5.00. The van der Waals surface area contributed by atoms with Crippen LogP contribution in [0.5, 0.6) is 0 Å². The molecule has 0 atom stereocenters. The fourth-order valence-corrected chi connectivity index (χ4v) is 1.27. The van der Waals surface area contributed by atoms with Gasteiger partial charge in [-0.25, -0.2) is 9.79 Å². The second-order valence-corrected chi connectivity index (χ2v) is 3.47. The summed E-state index contributed by atoms with van der Waals surface area (Å²) in [7, 11) is 0. The van der Waals surface area contributed by atoms with Crippen molar-refractivity contribution >= 4 is 29.2 Å². The highest BCUT2D eigenvalue weighted by Gasteiger charge is 1.98. The number of rotatable bonds is 4. The van der Waals surface area contributed by atoms with Crippen molar-refractivity contribution in [3.63, 3.8) is 0 Å². The van der Waals surface area contributed by atoms with Crippen molar-refractivity contribution in [1.82, 2.24) is 0 Å². The molecular formula is C12H12ClNO3. The van der Waals surface area contributed by atoms with Gasteiger partial charge in [-0.3, -0.25) is 0 Å². The molecule has 0 aromatic heterocycles. The van der Waals surface area contributed by atoms with Crippen LogP contribution in [0, 0.1) is 0 Å². The van der Waals surface area contributed by atoms with Crippen LogP contribution in [0.15, 0.2) is 41.4 Å². The number of carboxylic acid groups (broad SMARTS) is 1. The van der Waals surface area contributed by atoms with Gasteiger partial charge >= 0.3 is 5.97 Å². The van der Waals surface area contributed by atoms with Gasteiger partial charge in [-0.05, 0) is 25.1 Å². The predicted molar refractivity (Wildman–Crippen MR) is 66.9 cm³/mol. The van der Waals surface area contributed by atoms with E-state index >= 15 is 0 Å². The molecule has 5 heteroatoms. The van der Waals surface area contributed by atoms with Crippen LogP contribution in [0.25, 0.3) is 0 Å². The summed E-state index contributed by atoms with van der Waals surface area (Å²) in [4.78, 5) is 14.5. The summed E-state index contributed by atoms with van der Waals surface area (Å²) < 4.78 is 5.19. The number of hydrogen-bond acceptors (Lipinski definition) is 3. The average Bonchev–Trinajstić information content (AvgIpc) is 2.26. The van der Waals surface area contributed by atoms with Crippen LogP contribution in [-0.4, -0.2) is 23.6 Å². The largest absolute Gasteiger partial charge is 0.478 e. The maximum atomic E-state index is 10.4. The number of ether oxygens (including phenoxy) is 1. The maximum Gasteiger partial charge on any atom is 0.328 e. The second-order valence-electron chi connectivity index (χ2n) is 3.03. The number of hydrogen-bond donors (Lipinski definition) is 1. The Labute approximate surface area is 104 Å². The number of benzene rings is 1. The summed E-state index contributed by atoms with van der Waals surface area (Å²) in [6.07, 6.45) is 2.27. The fourth-order valence-electron chi connectivity index (χ4n) is 1.08. The van der Waals surface area contributed by atoms with E-state index in [9.17, 15) is 4.79 Å². The Bertz CT molecular complexity index is 455. The Hall–Kier alpha value is -1.81. The molecule has 0 bridgehead atoms. The van der Waals surface area contributed by atoms with Crippen molar-refractivity contribution in [2.45, 2.75) is 6.92 Å². The number of aliphatic carboxylic acids is 1. The first-order valence-corrected chi connectivity index (χ1v) is 5.37. The first-order chi connectivity index (χ1) is 8.11. The van der Waals surface area contributed by atoms with Gasteiger partial charge in [0.05, 0.1) is 12.3 Å². The molecule has 1 N–H and O–H groups in total. The van der Waals surface area contributed by atoms with Gasteiger partial charge in [0.1, 0.15) is 0 Å². The molecule has 0 saturated carbocycles. The van der Waals surface area contributed by atoms with Crippen LogP contribution < -0.4 is 0 Å². The third-order valence-corrected chi connectivity index (χ3v) is 1.94. The minimum absolute atomic E-state index is 0.233. The standard InChI is InChI=1S/C12H12ClNO3/c1-2-17-11(6-7-12(15)16)14-10-5-3-4-9(13)8-10/h3-8H,2H2,1H3,(H,15,16)/b7-6-,14-11?. The predicted octanol–water partition coefficient (Wildman–Crippen LogP) is 3.05. The molecule has 17 heavy (non-hydrogen) atoms. The van der Waals surface area contributed by atoms with Crippen molar-refractivity contribution < 1.29 is 14.6 Å². The molecule has 90 valence electrons. The van der Waals surface area contributed by atoms with E-state index in [-0.39, 0.29) is 5.90 Å². The lowest BCUT2D eigenvalue weighted by Crippen LogP contribution is -2.01. The highest BCUT2D eigenvalue weighted by molar-refractivity contribution is 6.30. The van der Waals surface area contributed by atoms with Crippen LogP contribution in [0.3, 0.4) is 0 Å². The number of carbonyl (C=O) groups is 1. The van der Waals surface area contributed by atoms with Crippen LogP contribution in [0.4, 0.5) is 5.69 Å². The van der Waals surface area contributed by atoms with Gasteiger partial charge in [0.2, 0.25) is 5.90 Å². The molecule has 0 saturated heterocycles. The molecule has 0 fully saturated rings. The van der Waals surface area contributed by atoms with E-state index < -0.39 is 5.97 Å². The normalized spacial score (nSPS) is 11.8. The number of aliphatic imine (C=N–C) groups is 1. The lowest BCUT2D eigenvalue weighted by molar-refractivity contribution is -0.131. The summed E-state index contributed by atoms with van der Waals surface area (Å²) >= 11 is 5.81. The molecule has 1 rings (SSSR count). The Morgan fingerprint density at radius 3 is 2.88 bits per heavy atom. The van der Waals surface area contributed by atoms with Gasteiger partial charge < -0.3 is 9.84 Å². The minimum Gasteiger partial charge on any atom is -0.478 e. The topological polar surface area (TPSA) is 58.9 Å². The Kier molecular flexibility index (Phi) is 5.23. The van der Waals surface area contributed by atoms with E-state index in [4.69, 9.17) is 21.4 Å². The van der Waals surface area contributed by atoms with Crippen molar-refractivity contribution in [2.75, 3.05) is 6.61 Å². The Morgan fingerprint density at radius 1 is 1.53 bits per heavy atom. The highest BCUT2D eigenvalue weighted by Crippen LogP contribution is 2.18. The molecule has 4 nitrogen and oxygen atoms in total. The van der Waals surface area contributed by atoms with E-state index in [2.05, 4.69) is 4.99 Å². The molecule has 0 aliphatic carbocycles. The van der Waals surface area contributed by atoms with E-state index in [1.54, 1.807) is 31.2 Å². The molecule has 0 aliphatic rings.